The number of amides is 1. The van der Waals surface area contributed by atoms with Crippen LogP contribution in [0.1, 0.15) is 5.56 Å². The second kappa shape index (κ2) is 4.76. The second-order valence-electron chi connectivity index (χ2n) is 2.64. The summed E-state index contributed by atoms with van der Waals surface area (Å²) in [5, 5.41) is 0. The van der Waals surface area contributed by atoms with E-state index in [2.05, 4.69) is 4.74 Å². The average molecular weight is 231 g/mol. The van der Waals surface area contributed by atoms with Crippen molar-refractivity contribution in [2.24, 2.45) is 0 Å². The molecule has 0 atom stereocenters. The molecule has 0 aliphatic heterocycles. The largest absolute Gasteiger partial charge is 0.444 e. The van der Waals surface area contributed by atoms with Crippen molar-refractivity contribution >= 4 is 16.4 Å². The van der Waals surface area contributed by atoms with Crippen molar-refractivity contribution in [3.63, 3.8) is 0 Å². The van der Waals surface area contributed by atoms with E-state index in [0.29, 0.717) is 5.56 Å². The van der Waals surface area contributed by atoms with Crippen molar-refractivity contribution in [3.05, 3.63) is 35.9 Å². The first kappa shape index (κ1) is 11.5. The molecule has 1 aromatic carbocycles. The molecule has 6 nitrogen and oxygen atoms in total. The zero-order valence-corrected chi connectivity index (χ0v) is 8.40. The van der Waals surface area contributed by atoms with Gasteiger partial charge in [-0.2, -0.15) is 13.1 Å². The predicted octanol–water partition coefficient (Wildman–Crippen LogP) is 0.716. The molecule has 0 fully saturated rings. The molecule has 0 heterocycles. The Bertz CT molecular complexity index is 428. The highest BCUT2D eigenvalue weighted by atomic mass is 32.2. The zero-order valence-electron chi connectivity index (χ0n) is 7.58. The third-order valence-electron chi connectivity index (χ3n) is 1.43. The van der Waals surface area contributed by atoms with Gasteiger partial charge in [0.2, 0.25) is 0 Å². The van der Waals surface area contributed by atoms with Crippen molar-refractivity contribution in [1.29, 1.82) is 0 Å². The summed E-state index contributed by atoms with van der Waals surface area (Å²) < 4.78 is 34.4. The molecule has 0 saturated heterocycles. The Morgan fingerprint density at radius 2 is 1.93 bits per heavy atom. The molecular formula is C8H9NO5S. The molecule has 1 aromatic rings. The van der Waals surface area contributed by atoms with Crippen LogP contribution in [0.3, 0.4) is 0 Å². The number of benzene rings is 1. The zero-order chi connectivity index (χ0) is 11.3. The maximum atomic E-state index is 10.8. The van der Waals surface area contributed by atoms with Crippen molar-refractivity contribution in [1.82, 2.24) is 4.72 Å². The van der Waals surface area contributed by atoms with E-state index in [4.69, 9.17) is 4.55 Å². The summed E-state index contributed by atoms with van der Waals surface area (Å²) in [5.74, 6) is 0. The molecule has 1 amide bonds. The van der Waals surface area contributed by atoms with Gasteiger partial charge in [0.1, 0.15) is 6.61 Å². The minimum atomic E-state index is -4.55. The number of carbonyl (C=O) groups excluding carboxylic acids is 1. The van der Waals surface area contributed by atoms with Crippen LogP contribution in [0.25, 0.3) is 0 Å². The van der Waals surface area contributed by atoms with Gasteiger partial charge >= 0.3 is 16.4 Å². The summed E-state index contributed by atoms with van der Waals surface area (Å²) in [6, 6.07) is 8.71. The maximum absolute atomic E-state index is 10.8. The fraction of sp³-hybridized carbons (Fsp3) is 0.125. The fourth-order valence-electron chi connectivity index (χ4n) is 0.858. The van der Waals surface area contributed by atoms with Gasteiger partial charge in [0.05, 0.1) is 0 Å². The smallest absolute Gasteiger partial charge is 0.423 e. The van der Waals surface area contributed by atoms with E-state index in [1.165, 1.54) is 4.72 Å². The molecule has 0 radical (unpaired) electrons. The van der Waals surface area contributed by atoms with Gasteiger partial charge in [-0.05, 0) is 5.56 Å². The van der Waals surface area contributed by atoms with Crippen LogP contribution in [-0.2, 0) is 21.6 Å². The van der Waals surface area contributed by atoms with Gasteiger partial charge < -0.3 is 4.74 Å². The Hall–Kier alpha value is -1.60. The molecule has 1 rings (SSSR count). The van der Waals surface area contributed by atoms with Gasteiger partial charge in [-0.25, -0.2) is 4.79 Å². The van der Waals surface area contributed by atoms with Crippen LogP contribution < -0.4 is 4.72 Å². The van der Waals surface area contributed by atoms with E-state index in [1.807, 2.05) is 0 Å². The van der Waals surface area contributed by atoms with Crippen LogP contribution in [0.5, 0.6) is 0 Å². The van der Waals surface area contributed by atoms with Crippen LogP contribution >= 0.6 is 0 Å². The molecule has 0 aromatic heterocycles. The molecule has 0 aliphatic carbocycles. The van der Waals surface area contributed by atoms with Crippen LogP contribution in [0.15, 0.2) is 30.3 Å². The lowest BCUT2D eigenvalue weighted by atomic mass is 10.2. The summed E-state index contributed by atoms with van der Waals surface area (Å²) >= 11 is 0. The van der Waals surface area contributed by atoms with E-state index in [1.54, 1.807) is 30.3 Å². The maximum Gasteiger partial charge on any atom is 0.423 e. The third kappa shape index (κ3) is 4.99. The van der Waals surface area contributed by atoms with E-state index >= 15 is 0 Å². The minimum absolute atomic E-state index is 0.0673. The first-order chi connectivity index (χ1) is 6.97. The Morgan fingerprint density at radius 1 is 1.33 bits per heavy atom. The van der Waals surface area contributed by atoms with Crippen molar-refractivity contribution in [2.45, 2.75) is 6.61 Å². The van der Waals surface area contributed by atoms with E-state index in [0.717, 1.165) is 0 Å². The highest BCUT2D eigenvalue weighted by Gasteiger charge is 2.10. The average Bonchev–Trinajstić information content (AvgIpc) is 2.14. The molecule has 82 valence electrons. The summed E-state index contributed by atoms with van der Waals surface area (Å²) in [5.41, 5.74) is 0.711. The van der Waals surface area contributed by atoms with Crippen LogP contribution in [0.2, 0.25) is 0 Å². The lowest BCUT2D eigenvalue weighted by Gasteiger charge is -2.04. The SMILES string of the molecule is O=C(NS(=O)(=O)O)OCc1ccccc1. The van der Waals surface area contributed by atoms with E-state index in [-0.39, 0.29) is 6.61 Å². The predicted molar refractivity (Wildman–Crippen MR) is 51.3 cm³/mol. The summed E-state index contributed by atoms with van der Waals surface area (Å²) in [7, 11) is -4.55. The van der Waals surface area contributed by atoms with Crippen molar-refractivity contribution in [3.8, 4) is 0 Å². The summed E-state index contributed by atoms with van der Waals surface area (Å²) in [6.07, 6.45) is -1.22. The number of hydrogen-bond acceptors (Lipinski definition) is 4. The quantitative estimate of drug-likeness (QED) is 0.747. The topological polar surface area (TPSA) is 92.7 Å². The number of rotatable bonds is 3. The van der Waals surface area contributed by atoms with Crippen LogP contribution in [0, 0.1) is 0 Å². The fourth-order valence-corrected chi connectivity index (χ4v) is 1.13. The second-order valence-corrected chi connectivity index (χ2v) is 3.79. The number of nitrogens with one attached hydrogen (secondary N) is 1. The first-order valence-electron chi connectivity index (χ1n) is 3.93. The Kier molecular flexibility index (Phi) is 3.64. The summed E-state index contributed by atoms with van der Waals surface area (Å²) in [4.78, 5) is 10.8. The van der Waals surface area contributed by atoms with Gasteiger partial charge in [-0.15, -0.1) is 0 Å². The molecule has 2 N–H and O–H groups in total. The molecule has 7 heteroatoms. The Morgan fingerprint density at radius 3 is 2.47 bits per heavy atom. The van der Waals surface area contributed by atoms with Gasteiger partial charge in [-0.1, -0.05) is 30.3 Å². The van der Waals surface area contributed by atoms with E-state index < -0.39 is 16.4 Å². The van der Waals surface area contributed by atoms with E-state index in [9.17, 15) is 13.2 Å². The third-order valence-corrected chi connectivity index (χ3v) is 1.85. The normalized spacial score (nSPS) is 10.7. The number of ether oxygens (including phenoxy) is 1. The molecule has 0 saturated carbocycles. The number of hydrogen-bond donors (Lipinski definition) is 2. The Balaban J connectivity index is 2.42. The van der Waals surface area contributed by atoms with Crippen LogP contribution in [-0.4, -0.2) is 19.1 Å². The Labute approximate surface area is 86.8 Å². The number of carbonyl (C=O) groups is 1. The van der Waals surface area contributed by atoms with Gasteiger partial charge in [0.15, 0.2) is 0 Å². The molecule has 0 aliphatic rings. The van der Waals surface area contributed by atoms with Gasteiger partial charge in [0, 0.05) is 0 Å². The first-order valence-corrected chi connectivity index (χ1v) is 5.37. The standard InChI is InChI=1S/C8H9NO5S/c10-8(9-15(11,12)13)14-6-7-4-2-1-3-5-7/h1-5H,6H2,(H,9,10)(H,11,12,13). The molecule has 0 bridgehead atoms. The molecule has 0 spiro atoms. The molecule has 0 unspecified atom stereocenters. The molecule has 15 heavy (non-hydrogen) atoms. The minimum Gasteiger partial charge on any atom is -0.444 e. The molecular weight excluding hydrogens is 222 g/mol. The lowest BCUT2D eigenvalue weighted by molar-refractivity contribution is 0.145. The lowest BCUT2D eigenvalue weighted by Crippen LogP contribution is -2.30. The van der Waals surface area contributed by atoms with Gasteiger partial charge in [0.25, 0.3) is 0 Å². The highest BCUT2D eigenvalue weighted by Crippen LogP contribution is 2.00. The van der Waals surface area contributed by atoms with Crippen molar-refractivity contribution in [2.75, 3.05) is 0 Å². The monoisotopic (exact) mass is 231 g/mol. The highest BCUT2D eigenvalue weighted by molar-refractivity contribution is 7.84. The van der Waals surface area contributed by atoms with Crippen molar-refractivity contribution < 1.29 is 22.5 Å². The summed E-state index contributed by atoms with van der Waals surface area (Å²) in [6.45, 7) is -0.0673. The van der Waals surface area contributed by atoms with Crippen LogP contribution in [0.4, 0.5) is 4.79 Å². The van der Waals surface area contributed by atoms with Gasteiger partial charge in [-0.3, -0.25) is 4.55 Å².